The van der Waals surface area contributed by atoms with Crippen molar-refractivity contribution in [2.75, 3.05) is 0 Å². The summed E-state index contributed by atoms with van der Waals surface area (Å²) < 4.78 is 5.64. The highest BCUT2D eigenvalue weighted by Gasteiger charge is 2.21. The second kappa shape index (κ2) is 5.11. The van der Waals surface area contributed by atoms with Crippen molar-refractivity contribution in [1.29, 1.82) is 0 Å². The molecule has 1 aromatic heterocycles. The molecule has 104 valence electrons. The van der Waals surface area contributed by atoms with E-state index < -0.39 is 0 Å². The first-order valence-electron chi connectivity index (χ1n) is 6.57. The van der Waals surface area contributed by atoms with Crippen LogP contribution in [0, 0.1) is 6.92 Å². The van der Waals surface area contributed by atoms with Crippen molar-refractivity contribution in [3.8, 4) is 0 Å². The summed E-state index contributed by atoms with van der Waals surface area (Å²) in [6.07, 6.45) is 0. The number of nitrogens with zero attached hydrogens (tertiary/aromatic N) is 1. The SMILES string of the molecule is Cc1oc(CN2Cc3ccccc3C2)cc1C(=O)NN. The van der Waals surface area contributed by atoms with Crippen molar-refractivity contribution in [1.82, 2.24) is 10.3 Å². The molecule has 1 aromatic carbocycles. The van der Waals surface area contributed by atoms with Crippen LogP contribution < -0.4 is 11.3 Å². The summed E-state index contributed by atoms with van der Waals surface area (Å²) in [5.74, 6) is 6.22. The Morgan fingerprint density at radius 1 is 1.35 bits per heavy atom. The van der Waals surface area contributed by atoms with E-state index in [9.17, 15) is 4.79 Å². The Hall–Kier alpha value is -2.11. The van der Waals surface area contributed by atoms with E-state index in [2.05, 4.69) is 34.6 Å². The van der Waals surface area contributed by atoms with Crippen LogP contribution in [-0.4, -0.2) is 10.8 Å². The number of benzene rings is 1. The van der Waals surface area contributed by atoms with Gasteiger partial charge in [-0.15, -0.1) is 0 Å². The fourth-order valence-electron chi connectivity index (χ4n) is 2.66. The molecule has 0 unspecified atom stereocenters. The van der Waals surface area contributed by atoms with Crippen LogP contribution in [0.1, 0.15) is 33.0 Å². The normalized spacial score (nSPS) is 14.3. The maximum absolute atomic E-state index is 11.6. The molecule has 3 rings (SSSR count). The molecular weight excluding hydrogens is 254 g/mol. The molecule has 0 spiro atoms. The highest BCUT2D eigenvalue weighted by Crippen LogP contribution is 2.25. The Morgan fingerprint density at radius 2 is 2.00 bits per heavy atom. The number of hydrazine groups is 1. The summed E-state index contributed by atoms with van der Waals surface area (Å²) in [4.78, 5) is 13.8. The van der Waals surface area contributed by atoms with Crippen LogP contribution in [0.3, 0.4) is 0 Å². The zero-order valence-electron chi connectivity index (χ0n) is 11.3. The van der Waals surface area contributed by atoms with Gasteiger partial charge in [0.15, 0.2) is 0 Å². The predicted octanol–water partition coefficient (Wildman–Crippen LogP) is 1.71. The van der Waals surface area contributed by atoms with Gasteiger partial charge in [0.2, 0.25) is 0 Å². The molecule has 20 heavy (non-hydrogen) atoms. The summed E-state index contributed by atoms with van der Waals surface area (Å²) in [6.45, 7) is 4.28. The predicted molar refractivity (Wildman–Crippen MR) is 74.5 cm³/mol. The summed E-state index contributed by atoms with van der Waals surface area (Å²) in [5, 5.41) is 0. The second-order valence-electron chi connectivity index (χ2n) is 5.07. The van der Waals surface area contributed by atoms with Gasteiger partial charge in [-0.25, -0.2) is 5.84 Å². The van der Waals surface area contributed by atoms with Crippen molar-refractivity contribution in [3.63, 3.8) is 0 Å². The highest BCUT2D eigenvalue weighted by molar-refractivity contribution is 5.94. The Bertz CT molecular complexity index is 623. The lowest BCUT2D eigenvalue weighted by atomic mass is 10.1. The number of hydrogen-bond acceptors (Lipinski definition) is 4. The van der Waals surface area contributed by atoms with E-state index in [-0.39, 0.29) is 5.91 Å². The van der Waals surface area contributed by atoms with E-state index >= 15 is 0 Å². The molecule has 0 aliphatic carbocycles. The quantitative estimate of drug-likeness (QED) is 0.506. The Morgan fingerprint density at radius 3 is 2.60 bits per heavy atom. The standard InChI is InChI=1S/C15H17N3O2/c1-10-14(15(19)17-16)6-13(20-10)9-18-7-11-4-2-3-5-12(11)8-18/h2-6H,7-9,16H2,1H3,(H,17,19). The molecule has 5 heteroatoms. The number of hydrogen-bond donors (Lipinski definition) is 2. The molecule has 0 bridgehead atoms. The lowest BCUT2D eigenvalue weighted by Gasteiger charge is -2.12. The fraction of sp³-hybridized carbons (Fsp3) is 0.267. The van der Waals surface area contributed by atoms with E-state index in [0.29, 0.717) is 17.9 Å². The van der Waals surface area contributed by atoms with Gasteiger partial charge in [-0.1, -0.05) is 24.3 Å². The van der Waals surface area contributed by atoms with Crippen LogP contribution in [0.4, 0.5) is 0 Å². The van der Waals surface area contributed by atoms with Gasteiger partial charge >= 0.3 is 0 Å². The molecule has 0 atom stereocenters. The Balaban J connectivity index is 1.73. The summed E-state index contributed by atoms with van der Waals surface area (Å²) in [5.41, 5.74) is 5.34. The average Bonchev–Trinajstić information content (AvgIpc) is 3.01. The van der Waals surface area contributed by atoms with E-state index in [1.54, 1.807) is 13.0 Å². The van der Waals surface area contributed by atoms with Crippen LogP contribution in [0.15, 0.2) is 34.7 Å². The zero-order valence-corrected chi connectivity index (χ0v) is 11.3. The molecule has 0 fully saturated rings. The summed E-state index contributed by atoms with van der Waals surface area (Å²) in [6, 6.07) is 10.2. The molecule has 5 nitrogen and oxygen atoms in total. The lowest BCUT2D eigenvalue weighted by molar-refractivity contribution is 0.0952. The maximum atomic E-state index is 11.6. The first kappa shape index (κ1) is 12.9. The zero-order chi connectivity index (χ0) is 14.1. The number of nitrogens with one attached hydrogen (secondary N) is 1. The average molecular weight is 271 g/mol. The van der Waals surface area contributed by atoms with Crippen LogP contribution in [-0.2, 0) is 19.6 Å². The van der Waals surface area contributed by atoms with Crippen LogP contribution in [0.5, 0.6) is 0 Å². The number of carbonyl (C=O) groups is 1. The third-order valence-corrected chi connectivity index (χ3v) is 3.63. The van der Waals surface area contributed by atoms with Gasteiger partial charge in [0.1, 0.15) is 11.5 Å². The molecule has 1 aliphatic heterocycles. The minimum Gasteiger partial charge on any atom is -0.464 e. The minimum atomic E-state index is -0.317. The first-order valence-corrected chi connectivity index (χ1v) is 6.57. The van der Waals surface area contributed by atoms with Gasteiger partial charge < -0.3 is 4.42 Å². The third kappa shape index (κ3) is 2.33. The molecule has 0 saturated carbocycles. The molecule has 1 aliphatic rings. The number of amides is 1. The van der Waals surface area contributed by atoms with Gasteiger partial charge in [-0.2, -0.15) is 0 Å². The van der Waals surface area contributed by atoms with Crippen LogP contribution in [0.25, 0.3) is 0 Å². The van der Waals surface area contributed by atoms with E-state index in [1.807, 2.05) is 0 Å². The summed E-state index contributed by atoms with van der Waals surface area (Å²) >= 11 is 0. The van der Waals surface area contributed by atoms with E-state index in [4.69, 9.17) is 10.3 Å². The largest absolute Gasteiger partial charge is 0.464 e. The third-order valence-electron chi connectivity index (χ3n) is 3.63. The van der Waals surface area contributed by atoms with Crippen molar-refractivity contribution in [2.24, 2.45) is 5.84 Å². The molecule has 2 heterocycles. The monoisotopic (exact) mass is 271 g/mol. The van der Waals surface area contributed by atoms with Crippen molar-refractivity contribution < 1.29 is 9.21 Å². The van der Waals surface area contributed by atoms with Crippen LogP contribution >= 0.6 is 0 Å². The van der Waals surface area contributed by atoms with Gasteiger partial charge in [0, 0.05) is 13.1 Å². The number of nitrogens with two attached hydrogens (primary N) is 1. The smallest absolute Gasteiger partial charge is 0.268 e. The number of furan rings is 1. The Labute approximate surface area is 117 Å². The number of aryl methyl sites for hydroxylation is 1. The second-order valence-corrected chi connectivity index (χ2v) is 5.07. The minimum absolute atomic E-state index is 0.317. The number of fused-ring (bicyclic) bond motifs is 1. The Kier molecular flexibility index (Phi) is 3.30. The van der Waals surface area contributed by atoms with Gasteiger partial charge in [-0.05, 0) is 24.1 Å². The molecule has 0 radical (unpaired) electrons. The van der Waals surface area contributed by atoms with Crippen molar-refractivity contribution in [2.45, 2.75) is 26.6 Å². The van der Waals surface area contributed by atoms with E-state index in [1.165, 1.54) is 11.1 Å². The number of rotatable bonds is 3. The highest BCUT2D eigenvalue weighted by atomic mass is 16.3. The number of carbonyl (C=O) groups excluding carboxylic acids is 1. The lowest BCUT2D eigenvalue weighted by Crippen LogP contribution is -2.30. The number of nitrogen functional groups attached to an aromatic ring is 1. The van der Waals surface area contributed by atoms with Crippen LogP contribution in [0.2, 0.25) is 0 Å². The van der Waals surface area contributed by atoms with E-state index in [0.717, 1.165) is 18.8 Å². The van der Waals surface area contributed by atoms with Crippen molar-refractivity contribution >= 4 is 5.91 Å². The topological polar surface area (TPSA) is 71.5 Å². The summed E-state index contributed by atoms with van der Waals surface area (Å²) in [7, 11) is 0. The van der Waals surface area contributed by atoms with Gasteiger partial charge in [0.05, 0.1) is 12.1 Å². The molecule has 1 amide bonds. The van der Waals surface area contributed by atoms with Gasteiger partial charge in [-0.3, -0.25) is 15.1 Å². The molecule has 0 saturated heterocycles. The first-order chi connectivity index (χ1) is 9.67. The molecular formula is C15H17N3O2. The van der Waals surface area contributed by atoms with Gasteiger partial charge in [0.25, 0.3) is 5.91 Å². The fourth-order valence-corrected chi connectivity index (χ4v) is 2.66. The molecule has 2 aromatic rings. The molecule has 3 N–H and O–H groups in total. The van der Waals surface area contributed by atoms with Crippen molar-refractivity contribution in [3.05, 3.63) is 58.5 Å². The maximum Gasteiger partial charge on any atom is 0.268 e.